The number of hydrogen-bond acceptors (Lipinski definition) is 7. The number of carboxylic acid groups (broad SMARTS) is 1. The van der Waals surface area contributed by atoms with Gasteiger partial charge in [-0.1, -0.05) is 35.4 Å². The molecule has 0 saturated carbocycles. The van der Waals surface area contributed by atoms with E-state index < -0.39 is 5.97 Å². The van der Waals surface area contributed by atoms with Crippen LogP contribution in [-0.4, -0.2) is 38.4 Å². The summed E-state index contributed by atoms with van der Waals surface area (Å²) in [6.45, 7) is 0.474. The summed E-state index contributed by atoms with van der Waals surface area (Å²) in [5.74, 6) is 0.156. The smallest absolute Gasteiger partial charge is 0.345 e. The minimum atomic E-state index is -0.995. The summed E-state index contributed by atoms with van der Waals surface area (Å²) in [6.07, 6.45) is 0. The van der Waals surface area contributed by atoms with Crippen LogP contribution >= 0.6 is 0 Å². The van der Waals surface area contributed by atoms with Gasteiger partial charge in [-0.25, -0.2) is 4.79 Å². The molecule has 0 saturated heterocycles. The highest BCUT2D eigenvalue weighted by atomic mass is 16.5. The van der Waals surface area contributed by atoms with Gasteiger partial charge in [0.05, 0.1) is 24.0 Å². The Kier molecular flexibility index (Phi) is 5.75. The van der Waals surface area contributed by atoms with Gasteiger partial charge in [0.2, 0.25) is 0 Å². The first kappa shape index (κ1) is 19.9. The first-order chi connectivity index (χ1) is 15.1. The summed E-state index contributed by atoms with van der Waals surface area (Å²) in [7, 11) is 1.54. The van der Waals surface area contributed by atoms with E-state index >= 15 is 0 Å². The number of benzene rings is 3. The number of ether oxygens (including phenoxy) is 2. The molecule has 0 aliphatic carbocycles. The van der Waals surface area contributed by atoms with Crippen molar-refractivity contribution in [3.05, 3.63) is 83.9 Å². The van der Waals surface area contributed by atoms with E-state index in [0.717, 1.165) is 11.3 Å². The second kappa shape index (κ2) is 8.95. The fraction of sp³-hybridized carbons (Fsp3) is 0.0909. The predicted octanol–water partition coefficient (Wildman–Crippen LogP) is 3.77. The summed E-state index contributed by atoms with van der Waals surface area (Å²) >= 11 is 0. The van der Waals surface area contributed by atoms with Gasteiger partial charge in [0.15, 0.2) is 0 Å². The molecule has 3 aromatic carbocycles. The number of aromatic nitrogens is 4. The van der Waals surface area contributed by atoms with Crippen LogP contribution in [-0.2, 0) is 6.54 Å². The summed E-state index contributed by atoms with van der Waals surface area (Å²) in [4.78, 5) is 11.2. The molecule has 1 heterocycles. The van der Waals surface area contributed by atoms with Crippen molar-refractivity contribution in [1.82, 2.24) is 20.2 Å². The van der Waals surface area contributed by atoms with Crippen LogP contribution in [0.15, 0.2) is 72.8 Å². The number of hydrogen-bond donors (Lipinski definition) is 2. The van der Waals surface area contributed by atoms with E-state index in [1.165, 1.54) is 17.9 Å². The molecule has 0 unspecified atom stereocenters. The molecule has 0 aliphatic heterocycles. The van der Waals surface area contributed by atoms with Gasteiger partial charge in [-0.05, 0) is 58.5 Å². The monoisotopic (exact) mass is 417 g/mol. The van der Waals surface area contributed by atoms with Crippen LogP contribution in [0.4, 0.5) is 5.69 Å². The summed E-state index contributed by atoms with van der Waals surface area (Å²) in [5, 5.41) is 24.0. The van der Waals surface area contributed by atoms with Crippen molar-refractivity contribution >= 4 is 11.7 Å². The van der Waals surface area contributed by atoms with Gasteiger partial charge in [-0.3, -0.25) is 0 Å². The van der Waals surface area contributed by atoms with E-state index in [-0.39, 0.29) is 11.6 Å². The molecule has 9 heteroatoms. The fourth-order valence-electron chi connectivity index (χ4n) is 2.93. The number of anilines is 1. The van der Waals surface area contributed by atoms with Gasteiger partial charge in [-0.15, -0.1) is 0 Å². The van der Waals surface area contributed by atoms with E-state index in [2.05, 4.69) is 20.8 Å². The maximum atomic E-state index is 11.2. The van der Waals surface area contributed by atoms with Gasteiger partial charge in [-0.2, -0.15) is 4.68 Å². The number of para-hydroxylation sites is 1. The lowest BCUT2D eigenvalue weighted by Crippen LogP contribution is -2.04. The average Bonchev–Trinajstić information content (AvgIpc) is 3.27. The largest absolute Gasteiger partial charge is 0.495 e. The fourth-order valence-corrected chi connectivity index (χ4v) is 2.93. The zero-order chi connectivity index (χ0) is 21.6. The average molecular weight is 417 g/mol. The third-order valence-electron chi connectivity index (χ3n) is 4.50. The van der Waals surface area contributed by atoms with Gasteiger partial charge >= 0.3 is 12.0 Å². The van der Waals surface area contributed by atoms with E-state index in [1.54, 1.807) is 12.1 Å². The van der Waals surface area contributed by atoms with Crippen molar-refractivity contribution in [3.8, 4) is 23.2 Å². The molecule has 156 valence electrons. The molecule has 9 nitrogen and oxygen atoms in total. The Balaban J connectivity index is 1.44. The minimum absolute atomic E-state index is 0.184. The van der Waals surface area contributed by atoms with E-state index in [0.29, 0.717) is 23.7 Å². The number of nitrogens with zero attached hydrogens (tertiary/aromatic N) is 4. The molecular weight excluding hydrogens is 398 g/mol. The van der Waals surface area contributed by atoms with Crippen LogP contribution in [0.3, 0.4) is 0 Å². The lowest BCUT2D eigenvalue weighted by atomic mass is 10.1. The minimum Gasteiger partial charge on any atom is -0.495 e. The van der Waals surface area contributed by atoms with Crippen molar-refractivity contribution in [3.63, 3.8) is 0 Å². The van der Waals surface area contributed by atoms with Crippen LogP contribution < -0.4 is 14.8 Å². The first-order valence-corrected chi connectivity index (χ1v) is 9.40. The Bertz CT molecular complexity index is 1180. The molecule has 0 amide bonds. The normalized spacial score (nSPS) is 10.5. The number of rotatable bonds is 8. The number of carboxylic acids is 1. The van der Waals surface area contributed by atoms with Crippen LogP contribution in [0, 0.1) is 0 Å². The lowest BCUT2D eigenvalue weighted by molar-refractivity contribution is 0.0697. The van der Waals surface area contributed by atoms with Gasteiger partial charge in [0.1, 0.15) is 11.5 Å². The molecule has 0 atom stereocenters. The maximum Gasteiger partial charge on any atom is 0.345 e. The molecule has 4 aromatic rings. The second-order valence-electron chi connectivity index (χ2n) is 6.53. The van der Waals surface area contributed by atoms with Gasteiger partial charge in [0, 0.05) is 6.54 Å². The molecule has 0 aliphatic rings. The molecule has 0 radical (unpaired) electrons. The summed E-state index contributed by atoms with van der Waals surface area (Å²) in [6, 6.07) is 21.8. The third-order valence-corrected chi connectivity index (χ3v) is 4.50. The Morgan fingerprint density at radius 1 is 1.06 bits per heavy atom. The molecule has 0 fully saturated rings. The van der Waals surface area contributed by atoms with Crippen molar-refractivity contribution < 1.29 is 19.4 Å². The van der Waals surface area contributed by atoms with Crippen LogP contribution in [0.1, 0.15) is 15.9 Å². The zero-order valence-electron chi connectivity index (χ0n) is 16.6. The summed E-state index contributed by atoms with van der Waals surface area (Å²) < 4.78 is 12.6. The van der Waals surface area contributed by atoms with E-state index in [1.807, 2.05) is 54.6 Å². The molecule has 2 N–H and O–H groups in total. The van der Waals surface area contributed by atoms with E-state index in [9.17, 15) is 9.90 Å². The van der Waals surface area contributed by atoms with Gasteiger partial charge < -0.3 is 19.9 Å². The molecule has 4 rings (SSSR count). The molecule has 31 heavy (non-hydrogen) atoms. The van der Waals surface area contributed by atoms with Crippen molar-refractivity contribution in [1.29, 1.82) is 0 Å². The number of nitrogens with one attached hydrogen (secondary N) is 1. The lowest BCUT2D eigenvalue weighted by Gasteiger charge is -2.12. The third kappa shape index (κ3) is 4.61. The number of aromatic carboxylic acids is 1. The number of carbonyl (C=O) groups is 1. The quantitative estimate of drug-likeness (QED) is 0.446. The predicted molar refractivity (Wildman–Crippen MR) is 113 cm³/mol. The Morgan fingerprint density at radius 2 is 1.84 bits per heavy atom. The molecule has 1 aromatic heterocycles. The maximum absolute atomic E-state index is 11.2. The second-order valence-corrected chi connectivity index (χ2v) is 6.53. The highest BCUT2D eigenvalue weighted by Gasteiger charge is 2.11. The summed E-state index contributed by atoms with van der Waals surface area (Å²) in [5.41, 5.74) is 2.55. The van der Waals surface area contributed by atoms with Crippen molar-refractivity contribution in [2.75, 3.05) is 12.4 Å². The van der Waals surface area contributed by atoms with Crippen molar-refractivity contribution in [2.45, 2.75) is 6.54 Å². The Hall–Kier alpha value is -4.40. The van der Waals surface area contributed by atoms with Gasteiger partial charge in [0.25, 0.3) is 0 Å². The Labute approximate surface area is 177 Å². The molecular formula is C22H19N5O4. The first-order valence-electron chi connectivity index (χ1n) is 9.40. The van der Waals surface area contributed by atoms with E-state index in [4.69, 9.17) is 9.47 Å². The number of methoxy groups -OCH3 is 1. The Morgan fingerprint density at radius 3 is 2.55 bits per heavy atom. The zero-order valence-corrected chi connectivity index (χ0v) is 16.6. The van der Waals surface area contributed by atoms with Crippen LogP contribution in [0.5, 0.6) is 17.5 Å². The molecule has 0 bridgehead atoms. The topological polar surface area (TPSA) is 111 Å². The highest BCUT2D eigenvalue weighted by molar-refractivity contribution is 5.89. The van der Waals surface area contributed by atoms with Crippen LogP contribution in [0.2, 0.25) is 0 Å². The number of tetrazole rings is 1. The molecule has 0 spiro atoms. The standard InChI is InChI=1S/C22H19N5O4/c1-30-20-12-9-16(21(28)29)13-19(20)23-14-15-7-10-18(11-8-15)31-22-24-25-26-27(22)17-5-3-2-4-6-17/h2-13,23H,14H2,1H3,(H,28,29). The van der Waals surface area contributed by atoms with Crippen LogP contribution in [0.25, 0.3) is 5.69 Å². The van der Waals surface area contributed by atoms with Crippen molar-refractivity contribution in [2.24, 2.45) is 0 Å². The highest BCUT2D eigenvalue weighted by Crippen LogP contribution is 2.27. The SMILES string of the molecule is COc1ccc(C(=O)O)cc1NCc1ccc(Oc2nnnn2-c2ccccc2)cc1.